The van der Waals surface area contributed by atoms with Gasteiger partial charge in [-0.1, -0.05) is 60.7 Å². The maximum atomic E-state index is 2.36. The van der Waals surface area contributed by atoms with Gasteiger partial charge < -0.3 is 0 Å². The molecule has 5 fully saturated rings. The number of hydrogen-bond acceptors (Lipinski definition) is 0. The van der Waals surface area contributed by atoms with Gasteiger partial charge in [0.25, 0.3) is 0 Å². The van der Waals surface area contributed by atoms with Crippen molar-refractivity contribution in [1.29, 1.82) is 0 Å². The van der Waals surface area contributed by atoms with Crippen LogP contribution in [0.2, 0.25) is 0 Å². The van der Waals surface area contributed by atoms with E-state index >= 15 is 0 Å². The van der Waals surface area contributed by atoms with Gasteiger partial charge in [-0.2, -0.15) is 0 Å². The quantitative estimate of drug-likeness (QED) is 0.755. The van der Waals surface area contributed by atoms with Crippen LogP contribution in [0.4, 0.5) is 0 Å². The molecule has 0 spiro atoms. The van der Waals surface area contributed by atoms with Crippen molar-refractivity contribution in [1.82, 2.24) is 0 Å². The first-order valence-electron chi connectivity index (χ1n) is 7.57. The molecule has 19 heavy (non-hydrogen) atoms. The molecule has 4 atom stereocenters. The highest BCUT2D eigenvalue weighted by Crippen LogP contribution is 2.98. The van der Waals surface area contributed by atoms with Gasteiger partial charge in [0.1, 0.15) is 0 Å². The molecule has 0 heterocycles. The lowest BCUT2D eigenvalue weighted by Crippen LogP contribution is -2.21. The van der Waals surface area contributed by atoms with Crippen LogP contribution in [-0.2, 0) is 5.41 Å². The Morgan fingerprint density at radius 2 is 0.947 bits per heavy atom. The Hall–Kier alpha value is -1.56. The van der Waals surface area contributed by atoms with E-state index < -0.39 is 0 Å². The molecule has 0 aliphatic heterocycles. The van der Waals surface area contributed by atoms with Crippen LogP contribution in [0.15, 0.2) is 60.7 Å². The summed E-state index contributed by atoms with van der Waals surface area (Å²) >= 11 is 0. The van der Waals surface area contributed by atoms with Crippen molar-refractivity contribution >= 4 is 0 Å². The summed E-state index contributed by atoms with van der Waals surface area (Å²) in [7, 11) is 0. The lowest BCUT2D eigenvalue weighted by atomic mass is 9.78. The minimum Gasteiger partial charge on any atom is -0.0622 e. The van der Waals surface area contributed by atoms with Crippen molar-refractivity contribution in [3.05, 3.63) is 71.8 Å². The Labute approximate surface area is 113 Å². The maximum Gasteiger partial charge on any atom is 0.0271 e. The van der Waals surface area contributed by atoms with Gasteiger partial charge in [0, 0.05) is 5.41 Å². The van der Waals surface area contributed by atoms with E-state index in [4.69, 9.17) is 0 Å². The van der Waals surface area contributed by atoms with Gasteiger partial charge >= 0.3 is 0 Å². The van der Waals surface area contributed by atoms with Gasteiger partial charge in [0.15, 0.2) is 0 Å². The number of hydrogen-bond donors (Lipinski definition) is 0. The van der Waals surface area contributed by atoms with Crippen molar-refractivity contribution in [2.75, 3.05) is 0 Å². The summed E-state index contributed by atoms with van der Waals surface area (Å²) < 4.78 is 0. The summed E-state index contributed by atoms with van der Waals surface area (Å²) in [5, 5.41) is 0. The monoisotopic (exact) mass is 244 g/mol. The van der Waals surface area contributed by atoms with Crippen LogP contribution in [0.25, 0.3) is 0 Å². The maximum absolute atomic E-state index is 2.36. The predicted octanol–water partition coefficient (Wildman–Crippen LogP) is 3.72. The topological polar surface area (TPSA) is 0 Å². The average molecular weight is 244 g/mol. The van der Waals surface area contributed by atoms with E-state index in [9.17, 15) is 0 Å². The van der Waals surface area contributed by atoms with Crippen molar-refractivity contribution in [3.8, 4) is 0 Å². The second kappa shape index (κ2) is 2.65. The summed E-state index contributed by atoms with van der Waals surface area (Å²) in [6, 6.07) is 22.6. The van der Waals surface area contributed by atoms with Gasteiger partial charge in [-0.25, -0.2) is 0 Å². The molecule has 2 unspecified atom stereocenters. The summed E-state index contributed by atoms with van der Waals surface area (Å²) in [5.74, 6) is 6.45. The Balaban J connectivity index is 1.57. The molecule has 0 radical (unpaired) electrons. The number of rotatable bonds is 2. The van der Waals surface area contributed by atoms with E-state index in [0.717, 1.165) is 35.5 Å². The van der Waals surface area contributed by atoms with Crippen molar-refractivity contribution < 1.29 is 0 Å². The highest BCUT2D eigenvalue weighted by Gasteiger charge is 2.96. The Morgan fingerprint density at radius 3 is 1.37 bits per heavy atom. The molecular weight excluding hydrogens is 228 g/mol. The lowest BCUT2D eigenvalue weighted by molar-refractivity contribution is 0.440. The molecule has 2 aromatic carbocycles. The summed E-state index contributed by atoms with van der Waals surface area (Å²) in [6.07, 6.45) is 0. The molecule has 7 rings (SSSR count). The molecular formula is C19H16. The molecule has 0 nitrogen and oxygen atoms in total. The third-order valence-corrected chi connectivity index (χ3v) is 6.60. The predicted molar refractivity (Wildman–Crippen MR) is 74.6 cm³/mol. The highest BCUT2D eigenvalue weighted by molar-refractivity contribution is 5.58. The molecule has 0 heteroatoms. The van der Waals surface area contributed by atoms with Gasteiger partial charge in [-0.3, -0.25) is 0 Å². The molecule has 5 aliphatic carbocycles. The van der Waals surface area contributed by atoms with Gasteiger partial charge in [0.05, 0.1) is 0 Å². The molecule has 0 aromatic heterocycles. The van der Waals surface area contributed by atoms with Crippen LogP contribution < -0.4 is 0 Å². The third kappa shape index (κ3) is 0.826. The molecule has 0 saturated heterocycles. The first-order chi connectivity index (χ1) is 9.45. The Bertz CT molecular complexity index is 602. The molecule has 0 N–H and O–H groups in total. The van der Waals surface area contributed by atoms with E-state index in [1.165, 1.54) is 0 Å². The van der Waals surface area contributed by atoms with Crippen LogP contribution in [0.5, 0.6) is 0 Å². The molecule has 5 saturated carbocycles. The largest absolute Gasteiger partial charge is 0.0622 e. The van der Waals surface area contributed by atoms with Crippen LogP contribution >= 0.6 is 0 Å². The van der Waals surface area contributed by atoms with E-state index in [0.29, 0.717) is 5.41 Å². The van der Waals surface area contributed by atoms with Crippen LogP contribution in [0.3, 0.4) is 0 Å². The Morgan fingerprint density at radius 1 is 0.526 bits per heavy atom. The zero-order valence-corrected chi connectivity index (χ0v) is 10.7. The summed E-state index contributed by atoms with van der Waals surface area (Å²) in [5.41, 5.74) is 3.54. The van der Waals surface area contributed by atoms with Gasteiger partial charge in [-0.15, -0.1) is 0 Å². The fourth-order valence-corrected chi connectivity index (χ4v) is 5.99. The molecule has 2 bridgehead atoms. The minimum atomic E-state index is 0.390. The minimum absolute atomic E-state index is 0.390. The smallest absolute Gasteiger partial charge is 0.0271 e. The zero-order chi connectivity index (χ0) is 12.2. The average Bonchev–Trinajstić information content (AvgIpc) is 3.42. The second-order valence-corrected chi connectivity index (χ2v) is 6.96. The molecule has 2 aromatic rings. The fraction of sp³-hybridized carbons (Fsp3) is 0.368. The Kier molecular flexibility index (Phi) is 1.31. The number of benzene rings is 2. The second-order valence-electron chi connectivity index (χ2n) is 6.96. The standard InChI is InChI=1S/C19H16/c1-3-7-11(8-4-1)19(12-9-5-2-6-10-12)17-15-13-14(15)16(13)18(17)19/h1-10,13-18H/t13?,14?,15?,16?,17-,18+. The van der Waals surface area contributed by atoms with Crippen LogP contribution in [0.1, 0.15) is 11.1 Å². The first kappa shape index (κ1) is 9.36. The van der Waals surface area contributed by atoms with Crippen molar-refractivity contribution in [2.24, 2.45) is 35.5 Å². The van der Waals surface area contributed by atoms with Crippen LogP contribution in [-0.4, -0.2) is 0 Å². The third-order valence-electron chi connectivity index (χ3n) is 6.60. The van der Waals surface area contributed by atoms with E-state index in [1.807, 2.05) is 0 Å². The summed E-state index contributed by atoms with van der Waals surface area (Å²) in [4.78, 5) is 0. The van der Waals surface area contributed by atoms with E-state index in [1.54, 1.807) is 11.1 Å². The molecule has 92 valence electrons. The molecule has 0 amide bonds. The van der Waals surface area contributed by atoms with Gasteiger partial charge in [-0.05, 0) is 46.6 Å². The van der Waals surface area contributed by atoms with Crippen molar-refractivity contribution in [3.63, 3.8) is 0 Å². The van der Waals surface area contributed by atoms with E-state index in [2.05, 4.69) is 60.7 Å². The normalized spacial score (nSPS) is 45.3. The highest BCUT2D eigenvalue weighted by atomic mass is 15.0. The van der Waals surface area contributed by atoms with Crippen LogP contribution in [0, 0.1) is 35.5 Å². The fourth-order valence-electron chi connectivity index (χ4n) is 5.99. The first-order valence-corrected chi connectivity index (χ1v) is 7.57. The van der Waals surface area contributed by atoms with E-state index in [-0.39, 0.29) is 0 Å². The lowest BCUT2D eigenvalue weighted by Gasteiger charge is -2.25. The van der Waals surface area contributed by atoms with Gasteiger partial charge in [0.2, 0.25) is 0 Å². The van der Waals surface area contributed by atoms with Crippen molar-refractivity contribution in [2.45, 2.75) is 5.41 Å². The summed E-state index contributed by atoms with van der Waals surface area (Å²) in [6.45, 7) is 0. The zero-order valence-electron chi connectivity index (χ0n) is 10.7. The molecule has 5 aliphatic rings. The SMILES string of the molecule is c1ccc(C2(c3ccccc3)[C@@H]3C4C5C4C5[C@@H]32)cc1.